The van der Waals surface area contributed by atoms with E-state index in [0.29, 0.717) is 49.5 Å². The van der Waals surface area contributed by atoms with Gasteiger partial charge in [0.15, 0.2) is 11.5 Å². The van der Waals surface area contributed by atoms with Crippen LogP contribution in [0.4, 0.5) is 0 Å². The van der Waals surface area contributed by atoms with Gasteiger partial charge in [0.05, 0.1) is 19.0 Å². The van der Waals surface area contributed by atoms with Crippen molar-refractivity contribution in [3.63, 3.8) is 0 Å². The zero-order valence-electron chi connectivity index (χ0n) is 28.4. The van der Waals surface area contributed by atoms with Crippen molar-refractivity contribution in [1.29, 1.82) is 0 Å². The second-order valence-corrected chi connectivity index (χ2v) is 11.8. The van der Waals surface area contributed by atoms with Crippen LogP contribution >= 0.6 is 0 Å². The highest BCUT2D eigenvalue weighted by atomic mass is 16.5. The average molecular weight is 673 g/mol. The largest absolute Gasteiger partial charge is 0.493 e. The van der Waals surface area contributed by atoms with E-state index in [2.05, 4.69) is 21.7 Å². The van der Waals surface area contributed by atoms with Gasteiger partial charge >= 0.3 is 0 Å². The third-order valence-corrected chi connectivity index (χ3v) is 7.41. The molecular formula is C38H48N4O7. The van der Waals surface area contributed by atoms with Crippen molar-refractivity contribution >= 4 is 27.7 Å². The number of hydrogen-bond donors (Lipinski definition) is 6. The van der Waals surface area contributed by atoms with Crippen LogP contribution in [-0.4, -0.2) is 85.9 Å². The molecule has 1 aromatic heterocycles. The van der Waals surface area contributed by atoms with Gasteiger partial charge < -0.3 is 50.5 Å². The second-order valence-electron chi connectivity index (χ2n) is 11.8. The molecule has 1 amide bonds. The third kappa shape index (κ3) is 12.0. The maximum absolute atomic E-state index is 10.7. The van der Waals surface area contributed by atoms with Gasteiger partial charge in [-0.3, -0.25) is 4.79 Å². The molecule has 0 aliphatic heterocycles. The van der Waals surface area contributed by atoms with Gasteiger partial charge in [0.2, 0.25) is 5.91 Å². The Balaban J connectivity index is 0.000000246. The molecule has 1 heterocycles. The molecule has 0 saturated carbocycles. The van der Waals surface area contributed by atoms with Crippen LogP contribution in [-0.2, 0) is 11.2 Å². The molecule has 0 bridgehead atoms. The number of para-hydroxylation sites is 3. The van der Waals surface area contributed by atoms with Gasteiger partial charge in [0, 0.05) is 42.0 Å². The summed E-state index contributed by atoms with van der Waals surface area (Å²) < 4.78 is 22.4. The number of carbonyl (C=O) groups excluding carboxylic acids is 1. The molecule has 2 atom stereocenters. The molecular weight excluding hydrogens is 624 g/mol. The van der Waals surface area contributed by atoms with Crippen LogP contribution in [0.1, 0.15) is 19.4 Å². The number of aliphatic hydroxyl groups is 2. The summed E-state index contributed by atoms with van der Waals surface area (Å²) in [4.78, 5) is 14.1. The summed E-state index contributed by atoms with van der Waals surface area (Å²) in [6, 6.07) is 29.0. The number of rotatable bonds is 18. The number of methoxy groups -OCH3 is 1. The first-order chi connectivity index (χ1) is 23.7. The fourth-order valence-electron chi connectivity index (χ4n) is 5.00. The highest BCUT2D eigenvalue weighted by Crippen LogP contribution is 2.33. The summed E-state index contributed by atoms with van der Waals surface area (Å²) in [6.45, 7) is 6.47. The molecule has 262 valence electrons. The van der Waals surface area contributed by atoms with Crippen molar-refractivity contribution in [1.82, 2.24) is 15.6 Å². The average Bonchev–Trinajstić information content (AvgIpc) is 3.49. The summed E-state index contributed by atoms with van der Waals surface area (Å²) in [5.74, 6) is 2.49. The molecule has 5 rings (SSSR count). The number of nitrogens with one attached hydrogen (secondary N) is 3. The van der Waals surface area contributed by atoms with Crippen molar-refractivity contribution in [2.45, 2.75) is 38.5 Å². The van der Waals surface area contributed by atoms with E-state index in [-0.39, 0.29) is 25.5 Å². The van der Waals surface area contributed by atoms with Gasteiger partial charge in [0.1, 0.15) is 43.5 Å². The summed E-state index contributed by atoms with van der Waals surface area (Å²) in [5, 5.41) is 28.4. The van der Waals surface area contributed by atoms with Gasteiger partial charge in [0.25, 0.3) is 0 Å². The van der Waals surface area contributed by atoms with E-state index in [4.69, 9.17) is 24.7 Å². The maximum Gasteiger partial charge on any atom is 0.221 e. The van der Waals surface area contributed by atoms with E-state index >= 15 is 0 Å². The quantitative estimate of drug-likeness (QED) is 0.0751. The normalized spacial score (nSPS) is 12.3. The van der Waals surface area contributed by atoms with Gasteiger partial charge in [-0.15, -0.1) is 0 Å². The lowest BCUT2D eigenvalue weighted by molar-refractivity contribution is -0.117. The summed E-state index contributed by atoms with van der Waals surface area (Å²) in [5.41, 5.74) is 8.05. The number of primary amides is 1. The lowest BCUT2D eigenvalue weighted by Gasteiger charge is -2.15. The van der Waals surface area contributed by atoms with E-state index in [1.807, 2.05) is 74.5 Å². The Morgan fingerprint density at radius 2 is 1.43 bits per heavy atom. The number of aliphatic hydroxyl groups excluding tert-OH is 2. The third-order valence-electron chi connectivity index (χ3n) is 7.41. The molecule has 11 nitrogen and oxygen atoms in total. The topological polar surface area (TPSA) is 160 Å². The van der Waals surface area contributed by atoms with Crippen molar-refractivity contribution < 1.29 is 34.0 Å². The number of nitrogens with two attached hydrogens (primary N) is 1. The van der Waals surface area contributed by atoms with Gasteiger partial charge in [-0.05, 0) is 48.0 Å². The van der Waals surface area contributed by atoms with Crippen LogP contribution in [0, 0.1) is 0 Å². The monoisotopic (exact) mass is 672 g/mol. The summed E-state index contributed by atoms with van der Waals surface area (Å²) >= 11 is 0. The highest BCUT2D eigenvalue weighted by molar-refractivity contribution is 6.10. The van der Waals surface area contributed by atoms with Crippen LogP contribution in [0.25, 0.3) is 21.8 Å². The number of H-pyrrole nitrogens is 1. The fourth-order valence-corrected chi connectivity index (χ4v) is 5.00. The number of aromatic amines is 1. The van der Waals surface area contributed by atoms with Gasteiger partial charge in [-0.1, -0.05) is 62.4 Å². The number of ether oxygens (including phenoxy) is 4. The zero-order valence-corrected chi connectivity index (χ0v) is 28.4. The number of hydrogen-bond acceptors (Lipinski definition) is 9. The lowest BCUT2D eigenvalue weighted by atomic mass is 10.1. The minimum absolute atomic E-state index is 0.207. The fraction of sp³-hybridized carbons (Fsp3) is 0.342. The zero-order chi connectivity index (χ0) is 35.0. The Hall–Kier alpha value is -4.81. The van der Waals surface area contributed by atoms with E-state index in [1.54, 1.807) is 31.4 Å². The second kappa shape index (κ2) is 19.3. The Labute approximate surface area is 287 Å². The van der Waals surface area contributed by atoms with Crippen molar-refractivity contribution in [3.05, 3.63) is 96.6 Å². The van der Waals surface area contributed by atoms with E-state index in [1.165, 1.54) is 0 Å². The number of fused-ring (bicyclic) bond motifs is 3. The summed E-state index contributed by atoms with van der Waals surface area (Å²) in [7, 11) is 1.62. The smallest absolute Gasteiger partial charge is 0.221 e. The SMILES string of the molecule is CC(C)NCC(O)COc1ccc(CC(N)=O)cc1.COc1ccccc1OCCNCC(O)COc1cccc2[nH]c3ccccc3c12. The molecule has 5 aromatic rings. The Bertz CT molecular complexity index is 1720. The minimum Gasteiger partial charge on any atom is -0.493 e. The number of benzene rings is 4. The highest BCUT2D eigenvalue weighted by Gasteiger charge is 2.12. The summed E-state index contributed by atoms with van der Waals surface area (Å²) in [6.07, 6.45) is -0.953. The van der Waals surface area contributed by atoms with Crippen LogP contribution in [0.3, 0.4) is 0 Å². The molecule has 0 aliphatic carbocycles. The van der Waals surface area contributed by atoms with Crippen molar-refractivity contribution in [2.24, 2.45) is 5.73 Å². The Morgan fingerprint density at radius 1 is 0.776 bits per heavy atom. The maximum atomic E-state index is 10.7. The van der Waals surface area contributed by atoms with E-state index < -0.39 is 12.2 Å². The van der Waals surface area contributed by atoms with E-state index in [0.717, 1.165) is 33.1 Å². The van der Waals surface area contributed by atoms with Crippen molar-refractivity contribution in [2.75, 3.05) is 46.6 Å². The first-order valence-electron chi connectivity index (χ1n) is 16.4. The number of amides is 1. The molecule has 49 heavy (non-hydrogen) atoms. The number of aromatic nitrogens is 1. The molecule has 0 spiro atoms. The molecule has 0 saturated heterocycles. The first kappa shape index (κ1) is 37.0. The van der Waals surface area contributed by atoms with Crippen LogP contribution < -0.4 is 35.3 Å². The van der Waals surface area contributed by atoms with Crippen LogP contribution in [0.15, 0.2) is 91.0 Å². The van der Waals surface area contributed by atoms with Crippen LogP contribution in [0.2, 0.25) is 0 Å². The Morgan fingerprint density at radius 3 is 2.16 bits per heavy atom. The van der Waals surface area contributed by atoms with Crippen molar-refractivity contribution in [3.8, 4) is 23.0 Å². The molecule has 7 N–H and O–H groups in total. The minimum atomic E-state index is -0.628. The molecule has 11 heteroatoms. The molecule has 0 fully saturated rings. The Kier molecular flexibility index (Phi) is 14.5. The first-order valence-corrected chi connectivity index (χ1v) is 16.4. The van der Waals surface area contributed by atoms with Gasteiger partial charge in [-0.2, -0.15) is 0 Å². The molecule has 2 unspecified atom stereocenters. The lowest BCUT2D eigenvalue weighted by Crippen LogP contribution is -2.35. The molecule has 0 radical (unpaired) electrons. The molecule has 0 aliphatic rings. The standard InChI is InChI=1S/C24H26N2O4.C14H22N2O3/c1-28-21-10-4-5-11-22(21)29-14-13-25-15-17(27)16-30-23-12-6-9-20-24(23)18-7-2-3-8-19(18)26-20;1-10(2)16-8-12(17)9-19-13-5-3-11(4-6-13)7-14(15)18/h2-12,17,25-27H,13-16H2,1H3;3-6,10,12,16-17H,7-9H2,1-2H3,(H2,15,18). The predicted octanol–water partition coefficient (Wildman–Crippen LogP) is 4.19. The predicted molar refractivity (Wildman–Crippen MR) is 193 cm³/mol. The molecule has 4 aromatic carbocycles. The number of carbonyl (C=O) groups is 1. The van der Waals surface area contributed by atoms with E-state index in [9.17, 15) is 15.0 Å². The van der Waals surface area contributed by atoms with Gasteiger partial charge in [-0.25, -0.2) is 0 Å². The van der Waals surface area contributed by atoms with Crippen LogP contribution in [0.5, 0.6) is 23.0 Å².